The molecule has 1 heterocycles. The van der Waals surface area contributed by atoms with Crippen molar-refractivity contribution in [1.82, 2.24) is 52.3 Å². The Balaban J connectivity index is 3.45. The summed E-state index contributed by atoms with van der Waals surface area (Å²) in [5, 5.41) is 31.5. The SMILES string of the molecule is CCNC(=O)[C@@H]1CCCN1C(=O)[C@H](CCCN=C(N)N)NC(=O)[C@@H](NC(=O)[C@H](CCC(N)=O)NC(=O)[C@@H](NC(=O)[C@H](NC(=O)[C@@H](NC(=O)CNC(=O)CN(C)C(C)=O)C(C)C)C(C)(C)SC)[C@@H](C)O)[C@@H](C)CC. The molecule has 0 saturated carbocycles. The molecule has 11 amide bonds. The number of hydrogen-bond donors (Lipinski definition) is 12. The van der Waals surface area contributed by atoms with Crippen LogP contribution in [0.3, 0.4) is 0 Å². The first-order valence-electron chi connectivity index (χ1n) is 24.5. The van der Waals surface area contributed by atoms with Crippen molar-refractivity contribution >= 4 is 82.7 Å². The molecule has 414 valence electrons. The van der Waals surface area contributed by atoms with E-state index in [4.69, 9.17) is 17.2 Å². The number of hydrogen-bond acceptors (Lipinski definition) is 14. The van der Waals surface area contributed by atoms with Crippen LogP contribution in [0.25, 0.3) is 0 Å². The van der Waals surface area contributed by atoms with Gasteiger partial charge in [-0.25, -0.2) is 0 Å². The molecule has 0 radical (unpaired) electrons. The van der Waals surface area contributed by atoms with Gasteiger partial charge < -0.3 is 74.6 Å². The highest BCUT2D eigenvalue weighted by Gasteiger charge is 2.42. The third-order valence-corrected chi connectivity index (χ3v) is 13.6. The van der Waals surface area contributed by atoms with Crippen molar-refractivity contribution < 1.29 is 57.8 Å². The van der Waals surface area contributed by atoms with Crippen LogP contribution in [0.15, 0.2) is 4.99 Å². The second-order valence-corrected chi connectivity index (χ2v) is 20.4. The molecule has 0 spiro atoms. The molecule has 9 atom stereocenters. The Bertz CT molecular complexity index is 1980. The summed E-state index contributed by atoms with van der Waals surface area (Å²) < 4.78 is -1.09. The molecular formula is C46H82N14O12S. The molecule has 0 bridgehead atoms. The first-order chi connectivity index (χ1) is 34.0. The van der Waals surface area contributed by atoms with Gasteiger partial charge in [-0.3, -0.25) is 57.7 Å². The summed E-state index contributed by atoms with van der Waals surface area (Å²) in [4.78, 5) is 153. The number of nitrogens with zero attached hydrogens (tertiary/aromatic N) is 3. The highest BCUT2D eigenvalue weighted by molar-refractivity contribution is 8.00. The summed E-state index contributed by atoms with van der Waals surface area (Å²) in [5.74, 6) is -9.25. The van der Waals surface area contributed by atoms with E-state index in [1.54, 1.807) is 54.7 Å². The minimum Gasteiger partial charge on any atom is -0.391 e. The molecule has 1 saturated heterocycles. The average molecular weight is 1060 g/mol. The van der Waals surface area contributed by atoms with Crippen molar-refractivity contribution in [2.75, 3.05) is 46.0 Å². The van der Waals surface area contributed by atoms with Crippen LogP contribution < -0.4 is 59.7 Å². The van der Waals surface area contributed by atoms with E-state index in [-0.39, 0.29) is 56.7 Å². The largest absolute Gasteiger partial charge is 0.391 e. The van der Waals surface area contributed by atoms with E-state index in [0.717, 1.165) is 4.90 Å². The minimum atomic E-state index is -1.77. The van der Waals surface area contributed by atoms with Gasteiger partial charge in [-0.2, -0.15) is 11.8 Å². The summed E-state index contributed by atoms with van der Waals surface area (Å²) in [5.41, 5.74) is 16.4. The van der Waals surface area contributed by atoms with Crippen molar-refractivity contribution in [1.29, 1.82) is 0 Å². The highest BCUT2D eigenvalue weighted by Crippen LogP contribution is 2.27. The average Bonchev–Trinajstić information content (AvgIpc) is 3.81. The molecule has 0 aromatic carbocycles. The number of nitrogens with one attached hydrogen (secondary N) is 8. The molecule has 15 N–H and O–H groups in total. The number of carbonyl (C=O) groups excluding carboxylic acids is 11. The Hall–Kier alpha value is -6.25. The first kappa shape index (κ1) is 64.8. The normalized spacial score (nSPS) is 16.6. The number of guanidine groups is 1. The van der Waals surface area contributed by atoms with Crippen molar-refractivity contribution in [2.24, 2.45) is 34.0 Å². The lowest BCUT2D eigenvalue weighted by molar-refractivity contribution is -0.142. The van der Waals surface area contributed by atoms with E-state index in [1.165, 1.54) is 37.6 Å². The smallest absolute Gasteiger partial charge is 0.245 e. The van der Waals surface area contributed by atoms with Gasteiger partial charge in [0.1, 0.15) is 42.3 Å². The maximum Gasteiger partial charge on any atom is 0.245 e. The highest BCUT2D eigenvalue weighted by atomic mass is 32.2. The Kier molecular flexibility index (Phi) is 27.8. The van der Waals surface area contributed by atoms with Gasteiger partial charge in [0.05, 0.1) is 19.2 Å². The van der Waals surface area contributed by atoms with Gasteiger partial charge in [-0.05, 0) is 77.9 Å². The van der Waals surface area contributed by atoms with Crippen LogP contribution in [0.5, 0.6) is 0 Å². The molecule has 1 fully saturated rings. The zero-order valence-corrected chi connectivity index (χ0v) is 45.0. The predicted molar refractivity (Wildman–Crippen MR) is 273 cm³/mol. The molecule has 0 aromatic heterocycles. The van der Waals surface area contributed by atoms with Gasteiger partial charge in [0, 0.05) is 44.8 Å². The van der Waals surface area contributed by atoms with Crippen LogP contribution in [0.1, 0.15) is 107 Å². The number of nitrogens with two attached hydrogens (primary N) is 3. The van der Waals surface area contributed by atoms with Crippen molar-refractivity contribution in [3.05, 3.63) is 0 Å². The van der Waals surface area contributed by atoms with Crippen molar-refractivity contribution in [2.45, 2.75) is 160 Å². The van der Waals surface area contributed by atoms with Gasteiger partial charge in [-0.1, -0.05) is 34.1 Å². The zero-order valence-electron chi connectivity index (χ0n) is 44.2. The first-order valence-corrected chi connectivity index (χ1v) is 25.7. The summed E-state index contributed by atoms with van der Waals surface area (Å²) in [7, 11) is 1.41. The number of carbonyl (C=O) groups is 11. The number of amides is 11. The number of primary amides is 1. The Labute approximate surface area is 432 Å². The van der Waals surface area contributed by atoms with E-state index >= 15 is 0 Å². The predicted octanol–water partition coefficient (Wildman–Crippen LogP) is -3.84. The maximum absolute atomic E-state index is 14.2. The number of likely N-dealkylation sites (N-methyl/N-ethyl adjacent to an activating group) is 2. The number of aliphatic hydroxyl groups is 1. The fourth-order valence-electron chi connectivity index (χ4n) is 7.46. The van der Waals surface area contributed by atoms with Crippen LogP contribution in [0.2, 0.25) is 0 Å². The topological polar surface area (TPSA) is 401 Å². The van der Waals surface area contributed by atoms with Gasteiger partial charge in [0.15, 0.2) is 5.96 Å². The monoisotopic (exact) mass is 1050 g/mol. The fraction of sp³-hybridized carbons (Fsp3) is 0.739. The quantitative estimate of drug-likeness (QED) is 0.0180. The molecule has 1 rings (SSSR count). The van der Waals surface area contributed by atoms with Gasteiger partial charge in [0.2, 0.25) is 65.0 Å². The van der Waals surface area contributed by atoms with E-state index in [2.05, 4.69) is 47.5 Å². The summed E-state index contributed by atoms with van der Waals surface area (Å²) in [6, 6.07) is -9.25. The Morgan fingerprint density at radius 3 is 1.89 bits per heavy atom. The van der Waals surface area contributed by atoms with Crippen LogP contribution in [-0.4, -0.2) is 185 Å². The molecule has 1 aliphatic heterocycles. The summed E-state index contributed by atoms with van der Waals surface area (Å²) in [6.07, 6.45) is 0.854. The second kappa shape index (κ2) is 31.4. The maximum atomic E-state index is 14.2. The van der Waals surface area contributed by atoms with Crippen molar-refractivity contribution in [3.8, 4) is 0 Å². The van der Waals surface area contributed by atoms with E-state index in [1.807, 2.05) is 0 Å². The van der Waals surface area contributed by atoms with E-state index < -0.39 is 131 Å². The molecular weight excluding hydrogens is 973 g/mol. The lowest BCUT2D eigenvalue weighted by Crippen LogP contribution is -2.65. The number of rotatable bonds is 31. The van der Waals surface area contributed by atoms with Crippen LogP contribution >= 0.6 is 11.8 Å². The number of likely N-dealkylation sites (tertiary alicyclic amines) is 1. The van der Waals surface area contributed by atoms with Gasteiger partial charge >= 0.3 is 0 Å². The lowest BCUT2D eigenvalue weighted by Gasteiger charge is -2.35. The molecule has 1 aliphatic rings. The Morgan fingerprint density at radius 1 is 0.767 bits per heavy atom. The molecule has 26 nitrogen and oxygen atoms in total. The van der Waals surface area contributed by atoms with E-state index in [0.29, 0.717) is 25.8 Å². The zero-order chi connectivity index (χ0) is 55.9. The third-order valence-electron chi connectivity index (χ3n) is 12.3. The Morgan fingerprint density at radius 2 is 1.36 bits per heavy atom. The minimum absolute atomic E-state index is 0.0580. The summed E-state index contributed by atoms with van der Waals surface area (Å²) >= 11 is 1.18. The molecule has 0 unspecified atom stereocenters. The van der Waals surface area contributed by atoms with Crippen molar-refractivity contribution in [3.63, 3.8) is 0 Å². The number of thioether (sulfide) groups is 1. The van der Waals surface area contributed by atoms with Crippen LogP contribution in [0, 0.1) is 11.8 Å². The van der Waals surface area contributed by atoms with Gasteiger partial charge in [0.25, 0.3) is 0 Å². The molecule has 73 heavy (non-hydrogen) atoms. The number of aliphatic imine (C=N–C) groups is 1. The van der Waals surface area contributed by atoms with Crippen LogP contribution in [0.4, 0.5) is 0 Å². The van der Waals surface area contributed by atoms with E-state index in [9.17, 15) is 57.8 Å². The summed E-state index contributed by atoms with van der Waals surface area (Å²) in [6.45, 7) is 14.1. The third kappa shape index (κ3) is 21.8. The lowest BCUT2D eigenvalue weighted by atomic mass is 9.96. The second-order valence-electron chi connectivity index (χ2n) is 18.9. The fourth-order valence-corrected chi connectivity index (χ4v) is 7.86. The van der Waals surface area contributed by atoms with Gasteiger partial charge in [-0.15, -0.1) is 0 Å². The number of aliphatic hydroxyl groups excluding tert-OH is 1. The van der Waals surface area contributed by atoms with Crippen LogP contribution in [-0.2, 0) is 52.7 Å². The molecule has 0 aliphatic carbocycles. The molecule has 0 aromatic rings. The molecule has 27 heteroatoms. The standard InChI is InChI=1S/C46H82N14O12S/c1-12-25(5)35(41(69)54-29(16-14-20-51-45(48)49)44(72)60-21-15-17-30(60)39(67)50-13-2)56-38(66)28(18-19-31(47)63)53-42(70)36(26(6)61)57-43(71)37(46(8,9)73-11)58-40(68)34(24(3)4)55-32(64)22-52-33(65)23-59(10)27(7)62/h24-26,28-30,34-37,61H,12-23H2,1-11H3,(H2,47,63)(H,50,67)(H,52,65)(H,53,70)(H,54,69)(H,55,64)(H,56,66)(H,57,71)(H,58,68)(H4,48,49,51)/t25-,26+,28-,29-,30-,34-,35-,36-,37-/m0/s1.